The quantitative estimate of drug-likeness (QED) is 0.605. The van der Waals surface area contributed by atoms with Crippen molar-refractivity contribution in [2.24, 2.45) is 0 Å². The van der Waals surface area contributed by atoms with Crippen molar-refractivity contribution in [1.82, 2.24) is 10.3 Å². The van der Waals surface area contributed by atoms with Gasteiger partial charge in [0.2, 0.25) is 0 Å². The lowest BCUT2D eigenvalue weighted by atomic mass is 9.95. The minimum atomic E-state index is -0.0148. The van der Waals surface area contributed by atoms with E-state index in [-0.39, 0.29) is 18.1 Å². The minimum absolute atomic E-state index is 0.0148. The van der Waals surface area contributed by atoms with Gasteiger partial charge in [-0.05, 0) is 51.0 Å². The van der Waals surface area contributed by atoms with Crippen molar-refractivity contribution in [3.8, 4) is 17.0 Å². The van der Waals surface area contributed by atoms with E-state index in [1.807, 2.05) is 68.4 Å². The smallest absolute Gasteiger partial charge is 0.252 e. The number of carbonyl (C=O) groups excluding carboxylic acids is 1. The molecule has 3 aromatic rings. The Kier molecular flexibility index (Phi) is 5.79. The average molecular weight is 389 g/mol. The zero-order valence-corrected chi connectivity index (χ0v) is 17.2. The first kappa shape index (κ1) is 19.4. The normalized spacial score (nSPS) is 14.9. The van der Waals surface area contributed by atoms with E-state index in [0.29, 0.717) is 5.56 Å². The van der Waals surface area contributed by atoms with Gasteiger partial charge in [0.05, 0.1) is 22.9 Å². The molecule has 0 aliphatic heterocycles. The molecule has 0 saturated heterocycles. The molecule has 1 amide bonds. The lowest BCUT2D eigenvalue weighted by Crippen LogP contribution is -2.36. The van der Waals surface area contributed by atoms with Crippen LogP contribution in [-0.4, -0.2) is 23.0 Å². The van der Waals surface area contributed by atoms with Crippen molar-refractivity contribution >= 4 is 16.8 Å². The molecule has 2 aromatic carbocycles. The number of aromatic nitrogens is 1. The summed E-state index contributed by atoms with van der Waals surface area (Å²) in [6.45, 7) is 4.02. The predicted molar refractivity (Wildman–Crippen MR) is 117 cm³/mol. The van der Waals surface area contributed by atoms with E-state index < -0.39 is 0 Å². The molecule has 1 fully saturated rings. The first-order chi connectivity index (χ1) is 14.1. The fourth-order valence-electron chi connectivity index (χ4n) is 4.05. The third kappa shape index (κ3) is 4.42. The van der Waals surface area contributed by atoms with Crippen LogP contribution >= 0.6 is 0 Å². The van der Waals surface area contributed by atoms with Gasteiger partial charge in [0, 0.05) is 17.0 Å². The van der Waals surface area contributed by atoms with Gasteiger partial charge in [-0.25, -0.2) is 4.98 Å². The molecule has 1 N–H and O–H groups in total. The van der Waals surface area contributed by atoms with Crippen molar-refractivity contribution in [2.75, 3.05) is 0 Å². The molecule has 0 unspecified atom stereocenters. The van der Waals surface area contributed by atoms with Gasteiger partial charge in [0.15, 0.2) is 0 Å². The number of pyridine rings is 1. The first-order valence-electron chi connectivity index (χ1n) is 10.6. The summed E-state index contributed by atoms with van der Waals surface area (Å²) in [7, 11) is 0. The summed E-state index contributed by atoms with van der Waals surface area (Å²) in [5, 5.41) is 4.14. The summed E-state index contributed by atoms with van der Waals surface area (Å²) in [5.74, 6) is 0.767. The zero-order valence-electron chi connectivity index (χ0n) is 17.2. The van der Waals surface area contributed by atoms with Gasteiger partial charge in [-0.2, -0.15) is 0 Å². The molecule has 4 nitrogen and oxygen atoms in total. The summed E-state index contributed by atoms with van der Waals surface area (Å²) in [6, 6.07) is 17.9. The van der Waals surface area contributed by atoms with Crippen LogP contribution in [0.1, 0.15) is 56.3 Å². The Morgan fingerprint density at radius 2 is 1.76 bits per heavy atom. The molecule has 0 spiro atoms. The fourth-order valence-corrected chi connectivity index (χ4v) is 4.05. The Balaban J connectivity index is 1.76. The van der Waals surface area contributed by atoms with Crippen molar-refractivity contribution in [1.29, 1.82) is 0 Å². The molecule has 1 heterocycles. The van der Waals surface area contributed by atoms with E-state index in [4.69, 9.17) is 9.72 Å². The second-order valence-electron chi connectivity index (χ2n) is 8.04. The number of hydrogen-bond acceptors (Lipinski definition) is 3. The third-order valence-corrected chi connectivity index (χ3v) is 5.43. The zero-order chi connectivity index (χ0) is 20.2. The molecular formula is C25H28N2O2. The highest BCUT2D eigenvalue weighted by atomic mass is 16.5. The maximum atomic E-state index is 13.2. The Bertz CT molecular complexity index is 1010. The number of fused-ring (bicyclic) bond motifs is 1. The number of rotatable bonds is 5. The molecule has 0 atom stereocenters. The number of ether oxygens (including phenoxy) is 1. The average Bonchev–Trinajstić information content (AvgIpc) is 2.73. The Labute approximate surface area is 172 Å². The summed E-state index contributed by atoms with van der Waals surface area (Å²) in [6.07, 6.45) is 5.83. The van der Waals surface area contributed by atoms with Gasteiger partial charge in [-0.15, -0.1) is 0 Å². The lowest BCUT2D eigenvalue weighted by molar-refractivity contribution is 0.0929. The number of carbonyl (C=O) groups is 1. The molecule has 29 heavy (non-hydrogen) atoms. The van der Waals surface area contributed by atoms with Crippen LogP contribution in [0.4, 0.5) is 0 Å². The van der Waals surface area contributed by atoms with Crippen LogP contribution in [0.2, 0.25) is 0 Å². The van der Waals surface area contributed by atoms with Gasteiger partial charge in [0.25, 0.3) is 5.91 Å². The monoisotopic (exact) mass is 388 g/mol. The maximum Gasteiger partial charge on any atom is 0.252 e. The Morgan fingerprint density at radius 3 is 2.55 bits per heavy atom. The van der Waals surface area contributed by atoms with Crippen LogP contribution in [0.5, 0.6) is 5.75 Å². The van der Waals surface area contributed by atoms with Gasteiger partial charge in [-0.1, -0.05) is 49.6 Å². The van der Waals surface area contributed by atoms with Crippen LogP contribution in [0.25, 0.3) is 22.2 Å². The fraction of sp³-hybridized carbons (Fsp3) is 0.360. The van der Waals surface area contributed by atoms with Gasteiger partial charge in [0.1, 0.15) is 5.75 Å². The van der Waals surface area contributed by atoms with Crippen molar-refractivity contribution in [3.63, 3.8) is 0 Å². The molecule has 1 saturated carbocycles. The molecule has 0 bridgehead atoms. The molecule has 4 rings (SSSR count). The van der Waals surface area contributed by atoms with Crippen LogP contribution < -0.4 is 10.1 Å². The van der Waals surface area contributed by atoms with Gasteiger partial charge < -0.3 is 10.1 Å². The number of benzene rings is 2. The molecule has 4 heteroatoms. The summed E-state index contributed by atoms with van der Waals surface area (Å²) in [5.41, 5.74) is 3.15. The van der Waals surface area contributed by atoms with Crippen molar-refractivity contribution < 1.29 is 9.53 Å². The Hall–Kier alpha value is -2.88. The highest BCUT2D eigenvalue weighted by Gasteiger charge is 2.20. The van der Waals surface area contributed by atoms with Gasteiger partial charge >= 0.3 is 0 Å². The third-order valence-electron chi connectivity index (χ3n) is 5.43. The Morgan fingerprint density at radius 1 is 1.03 bits per heavy atom. The van der Waals surface area contributed by atoms with Crippen molar-refractivity contribution in [3.05, 3.63) is 60.2 Å². The van der Waals surface area contributed by atoms with E-state index in [1.54, 1.807) is 0 Å². The molecular weight excluding hydrogens is 360 g/mol. The van der Waals surface area contributed by atoms with Crippen LogP contribution in [0, 0.1) is 0 Å². The predicted octanol–water partition coefficient (Wildman–Crippen LogP) is 5.75. The van der Waals surface area contributed by atoms with Crippen LogP contribution in [-0.2, 0) is 0 Å². The first-order valence-corrected chi connectivity index (χ1v) is 10.6. The summed E-state index contributed by atoms with van der Waals surface area (Å²) in [4.78, 5) is 18.0. The maximum absolute atomic E-state index is 13.2. The van der Waals surface area contributed by atoms with E-state index in [9.17, 15) is 4.79 Å². The summed E-state index contributed by atoms with van der Waals surface area (Å²) < 4.78 is 5.99. The lowest BCUT2D eigenvalue weighted by Gasteiger charge is -2.23. The largest absolute Gasteiger partial charge is 0.490 e. The standard InChI is InChI=1S/C25H28N2O2/c1-17(2)29-24-15-9-7-13-20(24)23-16-21(19-12-6-8-14-22(19)27-23)25(28)26-18-10-4-3-5-11-18/h6-9,12-18H,3-5,10-11H2,1-2H3,(H,26,28). The number of hydrogen-bond donors (Lipinski definition) is 1. The number of para-hydroxylation sites is 2. The van der Waals surface area contributed by atoms with E-state index in [0.717, 1.165) is 40.8 Å². The molecule has 1 aliphatic rings. The molecule has 1 aliphatic carbocycles. The van der Waals surface area contributed by atoms with Gasteiger partial charge in [-0.3, -0.25) is 4.79 Å². The number of amides is 1. The second-order valence-corrected chi connectivity index (χ2v) is 8.04. The molecule has 0 radical (unpaired) electrons. The SMILES string of the molecule is CC(C)Oc1ccccc1-c1cc(C(=O)NC2CCCCC2)c2ccccc2n1. The summed E-state index contributed by atoms with van der Waals surface area (Å²) >= 11 is 0. The van der Waals surface area contributed by atoms with Crippen LogP contribution in [0.3, 0.4) is 0 Å². The van der Waals surface area contributed by atoms with E-state index in [2.05, 4.69) is 5.32 Å². The minimum Gasteiger partial charge on any atom is -0.490 e. The number of nitrogens with zero attached hydrogens (tertiary/aromatic N) is 1. The number of nitrogens with one attached hydrogen (secondary N) is 1. The van der Waals surface area contributed by atoms with E-state index in [1.165, 1.54) is 19.3 Å². The molecule has 150 valence electrons. The topological polar surface area (TPSA) is 51.2 Å². The van der Waals surface area contributed by atoms with Crippen LogP contribution in [0.15, 0.2) is 54.6 Å². The van der Waals surface area contributed by atoms with Crippen molar-refractivity contribution in [2.45, 2.75) is 58.1 Å². The highest BCUT2D eigenvalue weighted by Crippen LogP contribution is 2.32. The second kappa shape index (κ2) is 8.64. The van der Waals surface area contributed by atoms with E-state index >= 15 is 0 Å². The highest BCUT2D eigenvalue weighted by molar-refractivity contribution is 6.07. The molecule has 1 aromatic heterocycles.